The number of aliphatic hydroxyl groups excluding tert-OH is 1. The van der Waals surface area contributed by atoms with Gasteiger partial charge in [0.2, 0.25) is 0 Å². The fraction of sp³-hybridized carbons (Fsp3) is 0.400. The maximum absolute atomic E-state index is 9.52. The van der Waals surface area contributed by atoms with Crippen molar-refractivity contribution in [3.63, 3.8) is 0 Å². The molecule has 0 aliphatic rings. The molecule has 0 unspecified atom stereocenters. The Morgan fingerprint density at radius 3 is 2.50 bits per heavy atom. The topological polar surface area (TPSA) is 38.0 Å². The molecule has 18 heavy (non-hydrogen) atoms. The maximum Gasteiger partial charge on any atom is 0.0662 e. The summed E-state index contributed by atoms with van der Waals surface area (Å²) in [4.78, 5) is 0. The van der Waals surface area contributed by atoms with Crippen LogP contribution in [-0.2, 0) is 13.0 Å². The highest BCUT2D eigenvalue weighted by molar-refractivity contribution is 5.26. The summed E-state index contributed by atoms with van der Waals surface area (Å²) in [6, 6.07) is 10.3. The van der Waals surface area contributed by atoms with Gasteiger partial charge in [-0.2, -0.15) is 5.10 Å². The molecule has 1 aromatic carbocycles. The molecule has 0 saturated heterocycles. The summed E-state index contributed by atoms with van der Waals surface area (Å²) in [5.74, 6) is 0. The zero-order chi connectivity index (χ0) is 13.1. The first-order chi connectivity index (χ1) is 8.58. The summed E-state index contributed by atoms with van der Waals surface area (Å²) in [7, 11) is 0. The largest absolute Gasteiger partial charge is 0.393 e. The Hall–Kier alpha value is -1.61. The Morgan fingerprint density at radius 1 is 1.22 bits per heavy atom. The van der Waals surface area contributed by atoms with Crippen LogP contribution in [0.15, 0.2) is 30.3 Å². The Kier molecular flexibility index (Phi) is 3.82. The van der Waals surface area contributed by atoms with Gasteiger partial charge in [0.05, 0.1) is 18.3 Å². The van der Waals surface area contributed by atoms with Gasteiger partial charge >= 0.3 is 0 Å². The van der Waals surface area contributed by atoms with Crippen LogP contribution < -0.4 is 0 Å². The average molecular weight is 244 g/mol. The third-order valence-corrected chi connectivity index (χ3v) is 3.21. The van der Waals surface area contributed by atoms with Crippen molar-refractivity contribution in [3.05, 3.63) is 52.8 Å². The average Bonchev–Trinajstić information content (AvgIpc) is 2.58. The van der Waals surface area contributed by atoms with Crippen molar-refractivity contribution in [1.29, 1.82) is 0 Å². The molecule has 1 atom stereocenters. The van der Waals surface area contributed by atoms with Crippen molar-refractivity contribution >= 4 is 0 Å². The molecule has 96 valence electrons. The van der Waals surface area contributed by atoms with Crippen LogP contribution in [0.2, 0.25) is 0 Å². The van der Waals surface area contributed by atoms with E-state index in [1.165, 1.54) is 11.1 Å². The molecule has 0 fully saturated rings. The van der Waals surface area contributed by atoms with Gasteiger partial charge in [0, 0.05) is 12.1 Å². The van der Waals surface area contributed by atoms with Crippen LogP contribution in [0, 0.1) is 13.8 Å². The van der Waals surface area contributed by atoms with Crippen LogP contribution >= 0.6 is 0 Å². The van der Waals surface area contributed by atoms with Crippen LogP contribution in [-0.4, -0.2) is 21.0 Å². The number of aromatic nitrogens is 2. The minimum atomic E-state index is -0.322. The van der Waals surface area contributed by atoms with E-state index in [0.29, 0.717) is 6.42 Å². The molecule has 3 heteroatoms. The van der Waals surface area contributed by atoms with Gasteiger partial charge in [0.15, 0.2) is 0 Å². The smallest absolute Gasteiger partial charge is 0.0662 e. The van der Waals surface area contributed by atoms with Crippen LogP contribution in [0.25, 0.3) is 0 Å². The molecule has 0 saturated carbocycles. The van der Waals surface area contributed by atoms with Crippen molar-refractivity contribution in [2.75, 3.05) is 0 Å². The number of aryl methyl sites for hydroxylation is 1. The van der Waals surface area contributed by atoms with Crippen molar-refractivity contribution in [2.45, 2.75) is 39.8 Å². The summed E-state index contributed by atoms with van der Waals surface area (Å²) >= 11 is 0. The summed E-state index contributed by atoms with van der Waals surface area (Å²) in [5, 5.41) is 14.1. The molecule has 3 nitrogen and oxygen atoms in total. The zero-order valence-corrected chi connectivity index (χ0v) is 11.2. The second-order valence-corrected chi connectivity index (χ2v) is 4.85. The number of hydrogen-bond acceptors (Lipinski definition) is 2. The second-order valence-electron chi connectivity index (χ2n) is 4.85. The predicted molar refractivity (Wildman–Crippen MR) is 72.6 cm³/mol. The fourth-order valence-electron chi connectivity index (χ4n) is 2.24. The van der Waals surface area contributed by atoms with Gasteiger partial charge in [-0.05, 0) is 31.9 Å². The van der Waals surface area contributed by atoms with Gasteiger partial charge in [0.25, 0.3) is 0 Å². The monoisotopic (exact) mass is 244 g/mol. The van der Waals surface area contributed by atoms with E-state index in [1.807, 2.05) is 36.7 Å². The number of rotatable bonds is 4. The molecule has 0 spiro atoms. The van der Waals surface area contributed by atoms with Crippen molar-refractivity contribution < 1.29 is 5.11 Å². The molecule has 0 radical (unpaired) electrons. The second kappa shape index (κ2) is 5.36. The lowest BCUT2D eigenvalue weighted by atomic mass is 10.1. The molecule has 2 aromatic rings. The summed E-state index contributed by atoms with van der Waals surface area (Å²) in [6.45, 7) is 6.67. The minimum Gasteiger partial charge on any atom is -0.393 e. The molecule has 1 N–H and O–H groups in total. The van der Waals surface area contributed by atoms with E-state index in [0.717, 1.165) is 17.9 Å². The predicted octanol–water partition coefficient (Wildman–Crippen LogP) is 2.47. The molecule has 1 heterocycles. The van der Waals surface area contributed by atoms with Crippen molar-refractivity contribution in [3.8, 4) is 0 Å². The lowest BCUT2D eigenvalue weighted by Crippen LogP contribution is -2.07. The first-order valence-corrected chi connectivity index (χ1v) is 6.33. The molecule has 0 bridgehead atoms. The number of hydrogen-bond donors (Lipinski definition) is 1. The van der Waals surface area contributed by atoms with Gasteiger partial charge in [-0.1, -0.05) is 30.3 Å². The highest BCUT2D eigenvalue weighted by Gasteiger charge is 2.13. The van der Waals surface area contributed by atoms with Crippen LogP contribution in [0.3, 0.4) is 0 Å². The number of aliphatic hydroxyl groups is 1. The summed E-state index contributed by atoms with van der Waals surface area (Å²) < 4.78 is 2.02. The highest BCUT2D eigenvalue weighted by atomic mass is 16.3. The zero-order valence-electron chi connectivity index (χ0n) is 11.2. The van der Waals surface area contributed by atoms with E-state index in [1.54, 1.807) is 0 Å². The fourth-order valence-corrected chi connectivity index (χ4v) is 2.24. The highest BCUT2D eigenvalue weighted by Crippen LogP contribution is 2.16. The lowest BCUT2D eigenvalue weighted by Gasteiger charge is -2.07. The number of nitrogens with zero attached hydrogens (tertiary/aromatic N) is 2. The first kappa shape index (κ1) is 12.8. The Bertz CT molecular complexity index is 515. The SMILES string of the molecule is Cc1nn(Cc2ccccc2)c(C)c1C[C@@H](C)O. The quantitative estimate of drug-likeness (QED) is 0.897. The van der Waals surface area contributed by atoms with Gasteiger partial charge in [-0.15, -0.1) is 0 Å². The maximum atomic E-state index is 9.52. The third-order valence-electron chi connectivity index (χ3n) is 3.21. The molecule has 0 aliphatic heterocycles. The van der Waals surface area contributed by atoms with E-state index >= 15 is 0 Å². The third kappa shape index (κ3) is 2.79. The van der Waals surface area contributed by atoms with Crippen LogP contribution in [0.4, 0.5) is 0 Å². The van der Waals surface area contributed by atoms with E-state index < -0.39 is 0 Å². The normalized spacial score (nSPS) is 12.7. The molecule has 0 amide bonds. The minimum absolute atomic E-state index is 0.322. The van der Waals surface area contributed by atoms with E-state index in [4.69, 9.17) is 0 Å². The first-order valence-electron chi connectivity index (χ1n) is 6.33. The Morgan fingerprint density at radius 2 is 1.89 bits per heavy atom. The Balaban J connectivity index is 2.25. The molecule has 0 aliphatic carbocycles. The Labute approximate surface area is 108 Å². The summed E-state index contributed by atoms with van der Waals surface area (Å²) in [6.07, 6.45) is 0.351. The summed E-state index contributed by atoms with van der Waals surface area (Å²) in [5.41, 5.74) is 4.58. The number of benzene rings is 1. The van der Waals surface area contributed by atoms with Gasteiger partial charge in [-0.3, -0.25) is 4.68 Å². The van der Waals surface area contributed by atoms with Crippen molar-refractivity contribution in [2.24, 2.45) is 0 Å². The van der Waals surface area contributed by atoms with Crippen LogP contribution in [0.5, 0.6) is 0 Å². The van der Waals surface area contributed by atoms with Gasteiger partial charge < -0.3 is 5.11 Å². The molecule has 1 aromatic heterocycles. The van der Waals surface area contributed by atoms with E-state index in [2.05, 4.69) is 24.2 Å². The van der Waals surface area contributed by atoms with Crippen molar-refractivity contribution in [1.82, 2.24) is 9.78 Å². The van der Waals surface area contributed by atoms with E-state index in [9.17, 15) is 5.11 Å². The van der Waals surface area contributed by atoms with Gasteiger partial charge in [-0.25, -0.2) is 0 Å². The lowest BCUT2D eigenvalue weighted by molar-refractivity contribution is 0.195. The van der Waals surface area contributed by atoms with E-state index in [-0.39, 0.29) is 6.10 Å². The molecule has 2 rings (SSSR count). The van der Waals surface area contributed by atoms with Gasteiger partial charge in [0.1, 0.15) is 0 Å². The standard InChI is InChI=1S/C15H20N2O/c1-11(18)9-15-12(2)16-17(13(15)3)10-14-7-5-4-6-8-14/h4-8,11,18H,9-10H2,1-3H3/t11-/m1/s1. The molecular formula is C15H20N2O. The molecular weight excluding hydrogens is 224 g/mol. The van der Waals surface area contributed by atoms with Crippen LogP contribution in [0.1, 0.15) is 29.4 Å².